The Labute approximate surface area is 62.9 Å². The first kappa shape index (κ1) is 12.0. The Morgan fingerprint density at radius 1 is 1.67 bits per heavy atom. The van der Waals surface area contributed by atoms with Crippen molar-refractivity contribution < 1.29 is 9.32 Å². The Kier molecular flexibility index (Phi) is 6.76. The Morgan fingerprint density at radius 2 is 2.11 bits per heavy atom. The van der Waals surface area contributed by atoms with Crippen molar-refractivity contribution in [1.82, 2.24) is 0 Å². The molecular formula is C4H13NO2S2. The molecule has 1 atom stereocenters. The third-order valence-corrected chi connectivity index (χ3v) is 1.76. The first-order valence-electron chi connectivity index (χ1n) is 2.38. The molecule has 0 amide bonds. The van der Waals surface area contributed by atoms with Crippen molar-refractivity contribution in [3.8, 4) is 0 Å². The number of nitrogens with one attached hydrogen (secondary N) is 1. The van der Waals surface area contributed by atoms with Crippen molar-refractivity contribution in [2.24, 2.45) is 0 Å². The van der Waals surface area contributed by atoms with Gasteiger partial charge in [0.1, 0.15) is 0 Å². The lowest BCUT2D eigenvalue weighted by Crippen LogP contribution is -2.02. The highest BCUT2D eigenvalue weighted by Crippen LogP contribution is 1.86. The first-order chi connectivity index (χ1) is 3.56. The van der Waals surface area contributed by atoms with Crippen molar-refractivity contribution >= 4 is 23.2 Å². The van der Waals surface area contributed by atoms with E-state index in [0.717, 1.165) is 0 Å². The molecule has 0 saturated carbocycles. The summed E-state index contributed by atoms with van der Waals surface area (Å²) in [5, 5.41) is 8.22. The second-order valence-corrected chi connectivity index (χ2v) is 4.20. The van der Waals surface area contributed by atoms with E-state index in [1.54, 1.807) is 0 Å². The van der Waals surface area contributed by atoms with Crippen LogP contribution in [0.2, 0.25) is 0 Å². The van der Waals surface area contributed by atoms with Gasteiger partial charge in [0.25, 0.3) is 0 Å². The van der Waals surface area contributed by atoms with Crippen LogP contribution in [0.4, 0.5) is 0 Å². The van der Waals surface area contributed by atoms with Crippen LogP contribution < -0.4 is 0 Å². The highest BCUT2D eigenvalue weighted by molar-refractivity contribution is 7.91. The van der Waals surface area contributed by atoms with Crippen LogP contribution in [0.25, 0.3) is 0 Å². The number of aliphatic hydroxyl groups is 1. The maximum absolute atomic E-state index is 10.5. The Morgan fingerprint density at radius 3 is 2.22 bits per heavy atom. The van der Waals surface area contributed by atoms with E-state index in [2.05, 4.69) is 0 Å². The fourth-order valence-electron chi connectivity index (χ4n) is 0.340. The van der Waals surface area contributed by atoms with E-state index in [9.17, 15) is 4.21 Å². The lowest BCUT2D eigenvalue weighted by atomic mass is 10.5. The first-order valence-corrected chi connectivity index (χ1v) is 4.52. The zero-order valence-electron chi connectivity index (χ0n) is 5.39. The van der Waals surface area contributed by atoms with Crippen molar-refractivity contribution in [3.63, 3.8) is 0 Å². The van der Waals surface area contributed by atoms with Gasteiger partial charge in [-0.25, -0.2) is 0 Å². The fraction of sp³-hybridized carbons (Fsp3) is 1.00. The van der Waals surface area contributed by atoms with Crippen molar-refractivity contribution in [2.75, 3.05) is 18.6 Å². The van der Waals surface area contributed by atoms with Gasteiger partial charge in [0, 0.05) is 28.3 Å². The Hall–Kier alpha value is 0.260. The summed E-state index contributed by atoms with van der Waals surface area (Å²) in [5.74, 6) is 0.309. The van der Waals surface area contributed by atoms with Crippen LogP contribution in [0.5, 0.6) is 0 Å². The summed E-state index contributed by atoms with van der Waals surface area (Å²) < 4.78 is 17.4. The standard InChI is InChI=1S/C4H11NO2S.H2S/c1-8(5,7)4-2-3-6;/h5-6H,2-4H2,1H3;1H2/t8-;/m0./s1. The molecule has 0 saturated heterocycles. The van der Waals surface area contributed by atoms with E-state index in [1.807, 2.05) is 0 Å². The van der Waals surface area contributed by atoms with E-state index >= 15 is 0 Å². The van der Waals surface area contributed by atoms with Crippen molar-refractivity contribution in [2.45, 2.75) is 6.42 Å². The minimum atomic E-state index is -2.35. The third kappa shape index (κ3) is 11.7. The molecule has 0 aromatic heterocycles. The van der Waals surface area contributed by atoms with Gasteiger partial charge in [-0.1, -0.05) is 0 Å². The van der Waals surface area contributed by atoms with E-state index in [4.69, 9.17) is 9.89 Å². The molecule has 5 heteroatoms. The zero-order chi connectivity index (χ0) is 6.62. The maximum Gasteiger partial charge on any atom is 0.0440 e. The summed E-state index contributed by atoms with van der Waals surface area (Å²) in [6.07, 6.45) is 1.85. The summed E-state index contributed by atoms with van der Waals surface area (Å²) >= 11 is 0. The van der Waals surface area contributed by atoms with E-state index in [1.165, 1.54) is 6.26 Å². The smallest absolute Gasteiger partial charge is 0.0440 e. The zero-order valence-corrected chi connectivity index (χ0v) is 7.20. The van der Waals surface area contributed by atoms with Gasteiger partial charge in [0.15, 0.2) is 0 Å². The van der Waals surface area contributed by atoms with Gasteiger partial charge in [-0.05, 0) is 6.42 Å². The molecule has 0 rings (SSSR count). The van der Waals surface area contributed by atoms with Crippen LogP contribution in [0.3, 0.4) is 0 Å². The Bertz CT molecular complexity index is 141. The molecule has 0 spiro atoms. The van der Waals surface area contributed by atoms with Gasteiger partial charge in [0.05, 0.1) is 0 Å². The topological polar surface area (TPSA) is 61.2 Å². The van der Waals surface area contributed by atoms with Gasteiger partial charge in [-0.2, -0.15) is 13.5 Å². The maximum atomic E-state index is 10.5. The minimum absolute atomic E-state index is 0. The lowest BCUT2D eigenvalue weighted by Gasteiger charge is -1.94. The second-order valence-electron chi connectivity index (χ2n) is 1.79. The lowest BCUT2D eigenvalue weighted by molar-refractivity contribution is 0.296. The minimum Gasteiger partial charge on any atom is -0.396 e. The summed E-state index contributed by atoms with van der Waals surface area (Å²) in [6.45, 7) is 0.0315. The van der Waals surface area contributed by atoms with Crippen LogP contribution in [-0.2, 0) is 9.73 Å². The SMILES string of the molecule is C[S@](=N)(=O)CCCO.S. The molecule has 0 radical (unpaired) electrons. The van der Waals surface area contributed by atoms with E-state index < -0.39 is 9.73 Å². The number of rotatable bonds is 3. The molecule has 0 aliphatic rings. The quantitative estimate of drug-likeness (QED) is 0.635. The monoisotopic (exact) mass is 171 g/mol. The van der Waals surface area contributed by atoms with Crippen LogP contribution in [-0.4, -0.2) is 27.9 Å². The third-order valence-electron chi connectivity index (χ3n) is 0.692. The van der Waals surface area contributed by atoms with Gasteiger partial charge in [-0.3, -0.25) is 8.99 Å². The largest absolute Gasteiger partial charge is 0.396 e. The molecule has 2 N–H and O–H groups in total. The van der Waals surface area contributed by atoms with E-state index in [0.29, 0.717) is 12.2 Å². The normalized spacial score (nSPS) is 15.8. The number of hydrogen-bond donors (Lipinski definition) is 2. The number of aliphatic hydroxyl groups excluding tert-OH is 1. The molecule has 58 valence electrons. The van der Waals surface area contributed by atoms with Gasteiger partial charge in [-0.15, -0.1) is 0 Å². The summed E-state index contributed by atoms with van der Waals surface area (Å²) in [7, 11) is -2.35. The molecule has 0 aromatic carbocycles. The average Bonchev–Trinajstić information content (AvgIpc) is 1.59. The fourth-order valence-corrected chi connectivity index (χ4v) is 1.02. The molecule has 0 aliphatic heterocycles. The van der Waals surface area contributed by atoms with Crippen molar-refractivity contribution in [1.29, 1.82) is 4.78 Å². The summed E-state index contributed by atoms with van der Waals surface area (Å²) in [6, 6.07) is 0. The van der Waals surface area contributed by atoms with Gasteiger partial charge in [0.2, 0.25) is 0 Å². The molecule has 0 heterocycles. The molecular weight excluding hydrogens is 158 g/mol. The Balaban J connectivity index is 0. The van der Waals surface area contributed by atoms with Crippen LogP contribution >= 0.6 is 13.5 Å². The predicted molar refractivity (Wildman–Crippen MR) is 43.7 cm³/mol. The molecule has 0 aromatic rings. The summed E-state index contributed by atoms with van der Waals surface area (Å²) in [5.41, 5.74) is 0. The van der Waals surface area contributed by atoms with Gasteiger partial charge >= 0.3 is 0 Å². The highest BCUT2D eigenvalue weighted by Gasteiger charge is 1.93. The molecule has 3 nitrogen and oxygen atoms in total. The van der Waals surface area contributed by atoms with Crippen LogP contribution in [0.1, 0.15) is 6.42 Å². The predicted octanol–water partition coefficient (Wildman–Crippen LogP) is 0.158. The van der Waals surface area contributed by atoms with Crippen molar-refractivity contribution in [3.05, 3.63) is 0 Å². The highest BCUT2D eigenvalue weighted by atomic mass is 32.2. The molecule has 0 aliphatic carbocycles. The second kappa shape index (κ2) is 5.08. The number of hydrogen-bond acceptors (Lipinski definition) is 3. The van der Waals surface area contributed by atoms with Crippen LogP contribution in [0, 0.1) is 4.78 Å². The van der Waals surface area contributed by atoms with Gasteiger partial charge < -0.3 is 5.11 Å². The van der Waals surface area contributed by atoms with E-state index in [-0.39, 0.29) is 20.1 Å². The molecule has 0 unspecified atom stereocenters. The summed E-state index contributed by atoms with van der Waals surface area (Å²) in [4.78, 5) is 0. The van der Waals surface area contributed by atoms with Crippen LogP contribution in [0.15, 0.2) is 0 Å². The molecule has 0 bridgehead atoms. The molecule has 9 heavy (non-hydrogen) atoms. The average molecular weight is 171 g/mol. The molecule has 0 fully saturated rings.